The van der Waals surface area contributed by atoms with E-state index in [9.17, 15) is 17.6 Å². The number of urea groups is 1. The summed E-state index contributed by atoms with van der Waals surface area (Å²) in [5.74, 6) is -0.955. The first-order valence-electron chi connectivity index (χ1n) is 9.55. The quantitative estimate of drug-likeness (QED) is 0.612. The Kier molecular flexibility index (Phi) is 4.09. The van der Waals surface area contributed by atoms with Gasteiger partial charge >= 0.3 is 6.03 Å². The van der Waals surface area contributed by atoms with Crippen LogP contribution in [0.2, 0.25) is 0 Å². The monoisotopic (exact) mass is 414 g/mol. The van der Waals surface area contributed by atoms with Crippen molar-refractivity contribution in [3.8, 4) is 0 Å². The first kappa shape index (κ1) is 18.1. The van der Waals surface area contributed by atoms with E-state index in [2.05, 4.69) is 21.4 Å². The molecule has 7 nitrogen and oxygen atoms in total. The number of aromatic nitrogens is 2. The van der Waals surface area contributed by atoms with Gasteiger partial charge in [-0.25, -0.2) is 27.3 Å². The molecule has 3 N–H and O–H groups in total. The molecule has 9 heteroatoms. The molecule has 0 atom stereocenters. The van der Waals surface area contributed by atoms with E-state index in [1.54, 1.807) is 0 Å². The number of aryl methyl sites for hydroxylation is 2. The summed E-state index contributed by atoms with van der Waals surface area (Å²) in [5.41, 5.74) is 6.01. The molecule has 5 rings (SSSR count). The standard InChI is InChI=1S/C20H19FN4O3S/c21-15-8-16-17(23-10-22-16)9-18(15)29(27,28)25-20(26)24-19-13-5-1-3-11(13)7-12-4-2-6-14(12)19/h7-10H,1-6H2,(H,22,23)(H2,24,25,26). The lowest BCUT2D eigenvalue weighted by Crippen LogP contribution is -2.35. The van der Waals surface area contributed by atoms with E-state index in [4.69, 9.17) is 0 Å². The number of nitrogens with one attached hydrogen (secondary N) is 3. The third-order valence-corrected chi connectivity index (χ3v) is 7.05. The Balaban J connectivity index is 1.45. The number of H-pyrrole nitrogens is 1. The molecular weight excluding hydrogens is 395 g/mol. The van der Waals surface area contributed by atoms with Crippen molar-refractivity contribution >= 4 is 32.8 Å². The molecule has 3 aromatic rings. The number of benzene rings is 2. The number of fused-ring (bicyclic) bond motifs is 3. The van der Waals surface area contributed by atoms with Crippen LogP contribution in [0.15, 0.2) is 29.4 Å². The maximum atomic E-state index is 14.3. The van der Waals surface area contributed by atoms with Crippen molar-refractivity contribution in [1.82, 2.24) is 14.7 Å². The fourth-order valence-corrected chi connectivity index (χ4v) is 5.41. The number of rotatable bonds is 3. The molecule has 0 saturated carbocycles. The van der Waals surface area contributed by atoms with Crippen LogP contribution in [-0.2, 0) is 35.7 Å². The molecule has 0 spiro atoms. The van der Waals surface area contributed by atoms with Crippen LogP contribution in [0.4, 0.5) is 14.9 Å². The molecule has 0 aliphatic heterocycles. The maximum Gasteiger partial charge on any atom is 0.333 e. The summed E-state index contributed by atoms with van der Waals surface area (Å²) in [6, 6.07) is 3.49. The Hall–Kier alpha value is -2.94. The van der Waals surface area contributed by atoms with Crippen LogP contribution < -0.4 is 10.0 Å². The van der Waals surface area contributed by atoms with Gasteiger partial charge in [0.15, 0.2) is 0 Å². The second-order valence-electron chi connectivity index (χ2n) is 7.50. The summed E-state index contributed by atoms with van der Waals surface area (Å²) in [5, 5.41) is 2.75. The molecule has 2 amide bonds. The molecule has 2 aromatic carbocycles. The van der Waals surface area contributed by atoms with Crippen LogP contribution in [0.25, 0.3) is 11.0 Å². The zero-order valence-electron chi connectivity index (χ0n) is 15.5. The Morgan fingerprint density at radius 2 is 1.72 bits per heavy atom. The van der Waals surface area contributed by atoms with Crippen molar-refractivity contribution in [2.75, 3.05) is 5.32 Å². The Bertz CT molecular complexity index is 1230. The highest BCUT2D eigenvalue weighted by atomic mass is 32.2. The third-order valence-electron chi connectivity index (χ3n) is 5.70. The first-order valence-corrected chi connectivity index (χ1v) is 11.0. The highest BCUT2D eigenvalue weighted by Gasteiger charge is 2.27. The van der Waals surface area contributed by atoms with Gasteiger partial charge < -0.3 is 10.3 Å². The number of amides is 2. The van der Waals surface area contributed by atoms with Gasteiger partial charge in [-0.05, 0) is 66.8 Å². The Morgan fingerprint density at radius 3 is 2.41 bits per heavy atom. The number of imidazole rings is 1. The average Bonchev–Trinajstić information content (AvgIpc) is 3.39. The highest BCUT2D eigenvalue weighted by Crippen LogP contribution is 2.38. The second kappa shape index (κ2) is 6.55. The van der Waals surface area contributed by atoms with Gasteiger partial charge in [-0.15, -0.1) is 0 Å². The van der Waals surface area contributed by atoms with Crippen LogP contribution in [-0.4, -0.2) is 24.4 Å². The summed E-state index contributed by atoms with van der Waals surface area (Å²) in [4.78, 5) is 18.6. The SMILES string of the molecule is O=C(Nc1c2c(cc3c1CCC3)CCC2)NS(=O)(=O)c1cc2nc[nH]c2cc1F. The maximum absolute atomic E-state index is 14.3. The van der Waals surface area contributed by atoms with Gasteiger partial charge in [0.25, 0.3) is 10.0 Å². The van der Waals surface area contributed by atoms with E-state index in [1.165, 1.54) is 17.5 Å². The van der Waals surface area contributed by atoms with E-state index in [0.29, 0.717) is 11.0 Å². The van der Waals surface area contributed by atoms with E-state index >= 15 is 0 Å². The molecule has 0 saturated heterocycles. The summed E-state index contributed by atoms with van der Waals surface area (Å²) < 4.78 is 41.6. The number of halogens is 1. The Morgan fingerprint density at radius 1 is 1.03 bits per heavy atom. The minimum Gasteiger partial charge on any atom is -0.345 e. The zero-order valence-corrected chi connectivity index (χ0v) is 16.3. The van der Waals surface area contributed by atoms with Crippen molar-refractivity contribution in [2.24, 2.45) is 0 Å². The zero-order chi connectivity index (χ0) is 20.2. The molecule has 1 heterocycles. The number of carbonyl (C=O) groups excluding carboxylic acids is 1. The van der Waals surface area contributed by atoms with Gasteiger partial charge in [0.2, 0.25) is 0 Å². The predicted molar refractivity (Wildman–Crippen MR) is 106 cm³/mol. The molecule has 0 unspecified atom stereocenters. The first-order chi connectivity index (χ1) is 13.9. The van der Waals surface area contributed by atoms with Crippen LogP contribution in [0, 0.1) is 5.82 Å². The Labute approximate surface area is 166 Å². The fraction of sp³-hybridized carbons (Fsp3) is 0.300. The van der Waals surface area contributed by atoms with Crippen molar-refractivity contribution in [1.29, 1.82) is 0 Å². The normalized spacial score (nSPS) is 15.3. The minimum absolute atomic E-state index is 0.297. The van der Waals surface area contributed by atoms with Crippen molar-refractivity contribution in [2.45, 2.75) is 43.4 Å². The fourth-order valence-electron chi connectivity index (χ4n) is 4.43. The van der Waals surface area contributed by atoms with Gasteiger partial charge in [-0.2, -0.15) is 0 Å². The summed E-state index contributed by atoms with van der Waals surface area (Å²) in [7, 11) is -4.40. The molecule has 29 heavy (non-hydrogen) atoms. The van der Waals surface area contributed by atoms with Gasteiger partial charge in [0.05, 0.1) is 17.4 Å². The van der Waals surface area contributed by atoms with E-state index < -0.39 is 26.8 Å². The molecule has 2 aliphatic rings. The van der Waals surface area contributed by atoms with Crippen molar-refractivity contribution in [3.63, 3.8) is 0 Å². The number of anilines is 1. The minimum atomic E-state index is -4.40. The largest absolute Gasteiger partial charge is 0.345 e. The van der Waals surface area contributed by atoms with E-state index in [0.717, 1.165) is 67.5 Å². The van der Waals surface area contributed by atoms with E-state index in [-0.39, 0.29) is 0 Å². The lowest BCUT2D eigenvalue weighted by Gasteiger charge is -2.16. The van der Waals surface area contributed by atoms with Crippen LogP contribution in [0.5, 0.6) is 0 Å². The van der Waals surface area contributed by atoms with Crippen molar-refractivity contribution < 1.29 is 17.6 Å². The van der Waals surface area contributed by atoms with Gasteiger partial charge in [0.1, 0.15) is 10.7 Å². The molecular formula is C20H19FN4O3S. The lowest BCUT2D eigenvalue weighted by atomic mass is 9.99. The second-order valence-corrected chi connectivity index (χ2v) is 9.15. The smallest absolute Gasteiger partial charge is 0.333 e. The predicted octanol–water partition coefficient (Wildman–Crippen LogP) is 3.19. The number of aromatic amines is 1. The number of carbonyl (C=O) groups is 1. The van der Waals surface area contributed by atoms with Gasteiger partial charge in [-0.3, -0.25) is 0 Å². The summed E-state index contributed by atoms with van der Waals surface area (Å²) >= 11 is 0. The van der Waals surface area contributed by atoms with Gasteiger partial charge in [0, 0.05) is 11.8 Å². The topological polar surface area (TPSA) is 104 Å². The molecule has 2 aliphatic carbocycles. The van der Waals surface area contributed by atoms with Gasteiger partial charge in [-0.1, -0.05) is 6.07 Å². The van der Waals surface area contributed by atoms with Crippen molar-refractivity contribution in [3.05, 3.63) is 52.6 Å². The lowest BCUT2D eigenvalue weighted by molar-refractivity contribution is 0.256. The van der Waals surface area contributed by atoms with Crippen LogP contribution >= 0.6 is 0 Å². The number of sulfonamides is 1. The number of hydrogen-bond donors (Lipinski definition) is 3. The highest BCUT2D eigenvalue weighted by molar-refractivity contribution is 7.90. The number of hydrogen-bond acceptors (Lipinski definition) is 4. The van der Waals surface area contributed by atoms with E-state index in [1.807, 2.05) is 4.72 Å². The average molecular weight is 414 g/mol. The van der Waals surface area contributed by atoms with Crippen LogP contribution in [0.3, 0.4) is 0 Å². The summed E-state index contributed by atoms with van der Waals surface area (Å²) in [6.07, 6.45) is 7.02. The summed E-state index contributed by atoms with van der Waals surface area (Å²) in [6.45, 7) is 0. The molecule has 1 aromatic heterocycles. The molecule has 0 bridgehead atoms. The molecule has 150 valence electrons. The molecule has 0 radical (unpaired) electrons. The van der Waals surface area contributed by atoms with Crippen LogP contribution in [0.1, 0.15) is 35.1 Å². The number of nitrogens with zero attached hydrogens (tertiary/aromatic N) is 1. The molecule has 0 fully saturated rings. The third kappa shape index (κ3) is 3.05.